The molecule has 8 nitrogen and oxygen atoms in total. The van der Waals surface area contributed by atoms with Gasteiger partial charge >= 0.3 is 0 Å². The molecule has 0 atom stereocenters. The van der Waals surface area contributed by atoms with Crippen molar-refractivity contribution in [3.8, 4) is 5.75 Å². The molecule has 1 aromatic carbocycles. The zero-order valence-corrected chi connectivity index (χ0v) is 17.7. The molecule has 150 valence electrons. The zero-order chi connectivity index (χ0) is 20.7. The lowest BCUT2D eigenvalue weighted by molar-refractivity contribution is 0.331. The predicted molar refractivity (Wildman–Crippen MR) is 109 cm³/mol. The van der Waals surface area contributed by atoms with Crippen LogP contribution in [0.4, 0.5) is 11.6 Å². The Kier molecular flexibility index (Phi) is 5.05. The first-order chi connectivity index (χ1) is 13.1. The largest absolute Gasteiger partial charge is 0.492 e. The molecule has 0 saturated heterocycles. The molecule has 0 bridgehead atoms. The number of benzene rings is 1. The van der Waals surface area contributed by atoms with Gasteiger partial charge < -0.3 is 10.1 Å². The van der Waals surface area contributed by atoms with Gasteiger partial charge in [-0.05, 0) is 47.6 Å². The van der Waals surface area contributed by atoms with E-state index in [0.717, 1.165) is 11.3 Å². The van der Waals surface area contributed by atoms with Crippen molar-refractivity contribution in [1.82, 2.24) is 20.2 Å². The molecule has 9 heteroatoms. The van der Waals surface area contributed by atoms with Gasteiger partial charge in [0.05, 0.1) is 22.6 Å². The quantitative estimate of drug-likeness (QED) is 0.668. The van der Waals surface area contributed by atoms with Crippen molar-refractivity contribution in [3.05, 3.63) is 29.7 Å². The predicted octanol–water partition coefficient (Wildman–Crippen LogP) is 3.68. The van der Waals surface area contributed by atoms with Gasteiger partial charge in [-0.3, -0.25) is 5.10 Å². The van der Waals surface area contributed by atoms with Crippen molar-refractivity contribution in [3.63, 3.8) is 0 Å². The van der Waals surface area contributed by atoms with Gasteiger partial charge in [-0.25, -0.2) is 18.4 Å². The van der Waals surface area contributed by atoms with Crippen LogP contribution in [0.3, 0.4) is 0 Å². The van der Waals surface area contributed by atoms with Crippen molar-refractivity contribution in [2.75, 3.05) is 11.9 Å². The molecule has 0 fully saturated rings. The van der Waals surface area contributed by atoms with Crippen LogP contribution in [0.5, 0.6) is 5.75 Å². The van der Waals surface area contributed by atoms with E-state index >= 15 is 0 Å². The highest BCUT2D eigenvalue weighted by Crippen LogP contribution is 2.37. The van der Waals surface area contributed by atoms with Crippen molar-refractivity contribution < 1.29 is 13.2 Å². The Bertz CT molecular complexity index is 1130. The molecular formula is C19H25N5O3S. The maximum absolute atomic E-state index is 13.2. The molecule has 3 aromatic rings. The number of sulfone groups is 1. The fourth-order valence-corrected chi connectivity index (χ4v) is 4.02. The second-order valence-electron chi connectivity index (χ2n) is 7.52. The number of ether oxygens (including phenoxy) is 1. The van der Waals surface area contributed by atoms with Crippen LogP contribution in [0.15, 0.2) is 23.4 Å². The highest BCUT2D eigenvalue weighted by atomic mass is 32.2. The second kappa shape index (κ2) is 7.05. The first-order valence-electron chi connectivity index (χ1n) is 9.01. The standard InChI is InChI=1S/C19H25N5O3S/c1-7-27-15-9-14-13(8-16(15)28(25,26)19(4,5)6)18(21-10-20-14)22-17-11(2)12(3)23-24-17/h8-10H,7H2,1-6H3,(H2,20,21,22,23,24). The third-order valence-corrected chi connectivity index (χ3v) is 7.10. The number of H-pyrrole nitrogens is 1. The number of anilines is 2. The lowest BCUT2D eigenvalue weighted by Gasteiger charge is -2.22. The number of nitrogens with one attached hydrogen (secondary N) is 2. The van der Waals surface area contributed by atoms with Crippen LogP contribution < -0.4 is 10.1 Å². The molecule has 3 rings (SSSR count). The Hall–Kier alpha value is -2.68. The topological polar surface area (TPSA) is 110 Å². The first-order valence-corrected chi connectivity index (χ1v) is 10.5. The van der Waals surface area contributed by atoms with Gasteiger partial charge in [0.2, 0.25) is 0 Å². The minimum atomic E-state index is -3.64. The summed E-state index contributed by atoms with van der Waals surface area (Å²) in [5, 5.41) is 10.9. The van der Waals surface area contributed by atoms with E-state index in [2.05, 4.69) is 25.5 Å². The molecule has 0 aliphatic heterocycles. The molecule has 2 aromatic heterocycles. The molecule has 0 saturated carbocycles. The van der Waals surface area contributed by atoms with E-state index in [4.69, 9.17) is 4.74 Å². The van der Waals surface area contributed by atoms with Crippen LogP contribution in [-0.2, 0) is 9.84 Å². The second-order valence-corrected chi connectivity index (χ2v) is 10.2. The summed E-state index contributed by atoms with van der Waals surface area (Å²) < 4.78 is 31.0. The summed E-state index contributed by atoms with van der Waals surface area (Å²) in [6.45, 7) is 11.0. The number of nitrogens with zero attached hydrogens (tertiary/aromatic N) is 3. The van der Waals surface area contributed by atoms with Gasteiger partial charge in [-0.2, -0.15) is 5.10 Å². The van der Waals surface area contributed by atoms with Gasteiger partial charge in [-0.1, -0.05) is 0 Å². The number of aromatic nitrogens is 4. The van der Waals surface area contributed by atoms with Crippen LogP contribution >= 0.6 is 0 Å². The summed E-state index contributed by atoms with van der Waals surface area (Å²) in [7, 11) is -3.64. The number of fused-ring (bicyclic) bond motifs is 1. The number of hydrogen-bond donors (Lipinski definition) is 2. The maximum Gasteiger partial charge on any atom is 0.186 e. The van der Waals surface area contributed by atoms with Gasteiger partial charge in [-0.15, -0.1) is 0 Å². The van der Waals surface area contributed by atoms with Gasteiger partial charge in [0, 0.05) is 17.0 Å². The average molecular weight is 404 g/mol. The SMILES string of the molecule is CCOc1cc2ncnc(Nc3[nH]nc(C)c3C)c2cc1S(=O)(=O)C(C)(C)C. The lowest BCUT2D eigenvalue weighted by Crippen LogP contribution is -2.28. The van der Waals surface area contributed by atoms with Crippen LogP contribution in [0, 0.1) is 13.8 Å². The zero-order valence-electron chi connectivity index (χ0n) is 16.9. The van der Waals surface area contributed by atoms with Crippen LogP contribution in [0.25, 0.3) is 10.9 Å². The van der Waals surface area contributed by atoms with E-state index < -0.39 is 14.6 Å². The van der Waals surface area contributed by atoms with E-state index in [1.54, 1.807) is 32.9 Å². The molecule has 0 aliphatic carbocycles. The molecule has 0 spiro atoms. The Morgan fingerprint density at radius 1 is 1.18 bits per heavy atom. The molecule has 28 heavy (non-hydrogen) atoms. The minimum absolute atomic E-state index is 0.129. The summed E-state index contributed by atoms with van der Waals surface area (Å²) in [4.78, 5) is 8.72. The number of aryl methyl sites for hydroxylation is 1. The Labute approximate surface area is 164 Å². The normalized spacial score (nSPS) is 12.4. The molecule has 0 aliphatic rings. The molecular weight excluding hydrogens is 378 g/mol. The molecule has 2 N–H and O–H groups in total. The number of aromatic amines is 1. The summed E-state index contributed by atoms with van der Waals surface area (Å²) in [5.41, 5.74) is 2.42. The summed E-state index contributed by atoms with van der Waals surface area (Å²) >= 11 is 0. The van der Waals surface area contributed by atoms with E-state index in [-0.39, 0.29) is 4.90 Å². The number of rotatable bonds is 5. The monoisotopic (exact) mass is 403 g/mol. The third kappa shape index (κ3) is 3.42. The fraction of sp³-hybridized carbons (Fsp3) is 0.421. The van der Waals surface area contributed by atoms with Crippen molar-refractivity contribution in [2.24, 2.45) is 0 Å². The lowest BCUT2D eigenvalue weighted by atomic mass is 10.2. The van der Waals surface area contributed by atoms with Crippen molar-refractivity contribution >= 4 is 32.4 Å². The Morgan fingerprint density at radius 3 is 2.46 bits per heavy atom. The first kappa shape index (κ1) is 20.1. The summed E-state index contributed by atoms with van der Waals surface area (Å²) in [6.07, 6.45) is 1.43. The van der Waals surface area contributed by atoms with Crippen molar-refractivity contribution in [2.45, 2.75) is 51.2 Å². The third-order valence-electron chi connectivity index (χ3n) is 4.59. The fourth-order valence-electron chi connectivity index (χ4n) is 2.70. The summed E-state index contributed by atoms with van der Waals surface area (Å²) in [6, 6.07) is 3.23. The molecule has 0 radical (unpaired) electrons. The van der Waals surface area contributed by atoms with Gasteiger partial charge in [0.15, 0.2) is 9.84 Å². The van der Waals surface area contributed by atoms with E-state index in [1.807, 2.05) is 20.8 Å². The average Bonchev–Trinajstić information content (AvgIpc) is 2.93. The summed E-state index contributed by atoms with van der Waals surface area (Å²) in [5.74, 6) is 1.49. The van der Waals surface area contributed by atoms with Crippen molar-refractivity contribution in [1.29, 1.82) is 0 Å². The molecule has 2 heterocycles. The number of hydrogen-bond acceptors (Lipinski definition) is 7. The van der Waals surface area contributed by atoms with Crippen LogP contribution in [0.2, 0.25) is 0 Å². The van der Waals surface area contributed by atoms with Gasteiger partial charge in [0.25, 0.3) is 0 Å². The Balaban J connectivity index is 2.23. The van der Waals surface area contributed by atoms with Crippen LogP contribution in [-0.4, -0.2) is 39.9 Å². The van der Waals surface area contributed by atoms with Gasteiger partial charge in [0.1, 0.15) is 28.6 Å². The van der Waals surface area contributed by atoms with E-state index in [1.165, 1.54) is 6.33 Å². The van der Waals surface area contributed by atoms with E-state index in [0.29, 0.717) is 34.9 Å². The highest BCUT2D eigenvalue weighted by molar-refractivity contribution is 7.92. The molecule has 0 amide bonds. The Morgan fingerprint density at radius 2 is 1.89 bits per heavy atom. The minimum Gasteiger partial charge on any atom is -0.492 e. The highest BCUT2D eigenvalue weighted by Gasteiger charge is 2.34. The van der Waals surface area contributed by atoms with Crippen LogP contribution in [0.1, 0.15) is 39.0 Å². The smallest absolute Gasteiger partial charge is 0.186 e. The van der Waals surface area contributed by atoms with E-state index in [9.17, 15) is 8.42 Å². The maximum atomic E-state index is 13.2. The molecule has 0 unspecified atom stereocenters.